The highest BCUT2D eigenvalue weighted by Crippen LogP contribution is 2.23. The van der Waals surface area contributed by atoms with Gasteiger partial charge in [0.2, 0.25) is 0 Å². The molecule has 0 amide bonds. The molecule has 3 atom stereocenters. The number of benzene rings is 1. The third-order valence-corrected chi connectivity index (χ3v) is 3.28. The number of aliphatic hydroxyl groups is 1. The molecule has 0 heterocycles. The fourth-order valence-electron chi connectivity index (χ4n) is 1.99. The van der Waals surface area contributed by atoms with Gasteiger partial charge in [0.05, 0.1) is 6.61 Å². The van der Waals surface area contributed by atoms with Gasteiger partial charge in [-0.3, -0.25) is 4.90 Å². The van der Waals surface area contributed by atoms with Gasteiger partial charge in [-0.25, -0.2) is 4.39 Å². The van der Waals surface area contributed by atoms with Gasteiger partial charge >= 0.3 is 0 Å². The van der Waals surface area contributed by atoms with Crippen LogP contribution in [0.1, 0.15) is 25.5 Å². The van der Waals surface area contributed by atoms with Crippen LogP contribution in [-0.4, -0.2) is 35.7 Å². The molecule has 1 aromatic rings. The smallest absolute Gasteiger partial charge is 0.127 e. The van der Waals surface area contributed by atoms with Crippen molar-refractivity contribution in [2.45, 2.75) is 32.0 Å². The Kier molecular flexibility index (Phi) is 5.05. The second-order valence-electron chi connectivity index (χ2n) is 4.47. The molecule has 0 aliphatic heterocycles. The van der Waals surface area contributed by atoms with Gasteiger partial charge in [-0.1, -0.05) is 18.2 Å². The Bertz CT molecular complexity index is 357. The molecule has 96 valence electrons. The minimum Gasteiger partial charge on any atom is -0.395 e. The van der Waals surface area contributed by atoms with Crippen LogP contribution >= 0.6 is 0 Å². The summed E-state index contributed by atoms with van der Waals surface area (Å²) in [4.78, 5) is 1.91. The molecular weight excluding hydrogens is 219 g/mol. The molecule has 0 saturated heterocycles. The molecule has 0 radical (unpaired) electrons. The normalized spacial score (nSPS) is 16.9. The van der Waals surface area contributed by atoms with Crippen LogP contribution in [0.3, 0.4) is 0 Å². The highest BCUT2D eigenvalue weighted by Gasteiger charge is 2.24. The van der Waals surface area contributed by atoms with Gasteiger partial charge in [0.1, 0.15) is 5.82 Å². The first-order valence-corrected chi connectivity index (χ1v) is 5.81. The zero-order valence-corrected chi connectivity index (χ0v) is 10.6. The number of aliphatic hydroxyl groups excluding tert-OH is 1. The summed E-state index contributed by atoms with van der Waals surface area (Å²) in [6.07, 6.45) is 0. The molecule has 0 aliphatic rings. The Morgan fingerprint density at radius 3 is 2.41 bits per heavy atom. The maximum absolute atomic E-state index is 13.6. The zero-order chi connectivity index (χ0) is 13.0. The van der Waals surface area contributed by atoms with E-state index in [1.165, 1.54) is 6.07 Å². The minimum atomic E-state index is -0.229. The molecule has 0 spiro atoms. The Hall–Kier alpha value is -0.970. The topological polar surface area (TPSA) is 49.5 Å². The van der Waals surface area contributed by atoms with Crippen molar-refractivity contribution in [3.05, 3.63) is 35.6 Å². The molecule has 3 nitrogen and oxygen atoms in total. The van der Waals surface area contributed by atoms with E-state index in [0.717, 1.165) is 0 Å². The van der Waals surface area contributed by atoms with Crippen molar-refractivity contribution in [3.8, 4) is 0 Å². The summed E-state index contributed by atoms with van der Waals surface area (Å²) in [6.45, 7) is 3.71. The largest absolute Gasteiger partial charge is 0.395 e. The Morgan fingerprint density at radius 1 is 1.35 bits per heavy atom. The highest BCUT2D eigenvalue weighted by atomic mass is 19.1. The molecule has 0 aromatic heterocycles. The Labute approximate surface area is 102 Å². The first kappa shape index (κ1) is 14.1. The van der Waals surface area contributed by atoms with Crippen LogP contribution in [0.2, 0.25) is 0 Å². The molecule has 1 aromatic carbocycles. The summed E-state index contributed by atoms with van der Waals surface area (Å²) < 4.78 is 13.6. The van der Waals surface area contributed by atoms with Crippen molar-refractivity contribution >= 4 is 0 Å². The molecule has 4 heteroatoms. The maximum atomic E-state index is 13.6. The van der Waals surface area contributed by atoms with Crippen LogP contribution in [0.15, 0.2) is 24.3 Å². The van der Waals surface area contributed by atoms with Crippen molar-refractivity contribution in [2.75, 3.05) is 13.7 Å². The van der Waals surface area contributed by atoms with Crippen LogP contribution in [0.5, 0.6) is 0 Å². The van der Waals surface area contributed by atoms with Gasteiger partial charge in [-0.15, -0.1) is 0 Å². The molecule has 3 N–H and O–H groups in total. The lowest BCUT2D eigenvalue weighted by Gasteiger charge is -2.34. The third kappa shape index (κ3) is 3.25. The minimum absolute atomic E-state index is 0.0348. The standard InChI is InChI=1S/C13H21FN2O/c1-9(15)13(8-17)16(3)10(2)11-6-4-5-7-12(11)14/h4-7,9-10,13,17H,8,15H2,1-3H3. The van der Waals surface area contributed by atoms with Gasteiger partial charge in [0.25, 0.3) is 0 Å². The molecule has 0 saturated carbocycles. The van der Waals surface area contributed by atoms with Crippen molar-refractivity contribution in [2.24, 2.45) is 5.73 Å². The Balaban J connectivity index is 2.89. The van der Waals surface area contributed by atoms with Crippen LogP contribution < -0.4 is 5.73 Å². The monoisotopic (exact) mass is 240 g/mol. The van der Waals surface area contributed by atoms with E-state index in [1.807, 2.05) is 31.9 Å². The molecule has 3 unspecified atom stereocenters. The van der Waals surface area contributed by atoms with E-state index < -0.39 is 0 Å². The predicted octanol–water partition coefficient (Wildman–Crippen LogP) is 1.53. The van der Waals surface area contributed by atoms with E-state index in [9.17, 15) is 9.50 Å². The molecule has 0 aliphatic carbocycles. The van der Waals surface area contributed by atoms with Crippen LogP contribution in [-0.2, 0) is 0 Å². The van der Waals surface area contributed by atoms with Gasteiger partial charge < -0.3 is 10.8 Å². The van der Waals surface area contributed by atoms with Crippen molar-refractivity contribution in [1.82, 2.24) is 4.90 Å². The van der Waals surface area contributed by atoms with Gasteiger partial charge in [0.15, 0.2) is 0 Å². The van der Waals surface area contributed by atoms with E-state index >= 15 is 0 Å². The first-order valence-electron chi connectivity index (χ1n) is 5.81. The number of likely N-dealkylation sites (N-methyl/N-ethyl adjacent to an activating group) is 1. The van der Waals surface area contributed by atoms with Gasteiger partial charge in [-0.2, -0.15) is 0 Å². The number of nitrogens with two attached hydrogens (primary N) is 1. The summed E-state index contributed by atoms with van der Waals surface area (Å²) >= 11 is 0. The van der Waals surface area contributed by atoms with E-state index in [0.29, 0.717) is 5.56 Å². The van der Waals surface area contributed by atoms with Crippen molar-refractivity contribution in [1.29, 1.82) is 0 Å². The molecule has 1 rings (SSSR count). The SMILES string of the molecule is CC(N)C(CO)N(C)C(C)c1ccccc1F. The summed E-state index contributed by atoms with van der Waals surface area (Å²) in [7, 11) is 1.85. The number of rotatable bonds is 5. The number of nitrogens with zero attached hydrogens (tertiary/aromatic N) is 1. The average molecular weight is 240 g/mol. The predicted molar refractivity (Wildman–Crippen MR) is 67.1 cm³/mol. The van der Waals surface area contributed by atoms with Crippen molar-refractivity contribution in [3.63, 3.8) is 0 Å². The Morgan fingerprint density at radius 2 is 1.94 bits per heavy atom. The van der Waals surface area contributed by atoms with Crippen LogP contribution in [0.25, 0.3) is 0 Å². The van der Waals surface area contributed by atoms with E-state index in [1.54, 1.807) is 12.1 Å². The van der Waals surface area contributed by atoms with E-state index in [4.69, 9.17) is 5.73 Å². The fourth-order valence-corrected chi connectivity index (χ4v) is 1.99. The van der Waals surface area contributed by atoms with E-state index in [2.05, 4.69) is 0 Å². The summed E-state index contributed by atoms with van der Waals surface area (Å²) in [6, 6.07) is 6.21. The lowest BCUT2D eigenvalue weighted by molar-refractivity contribution is 0.0993. The average Bonchev–Trinajstić information content (AvgIpc) is 2.29. The lowest BCUT2D eigenvalue weighted by Crippen LogP contribution is -2.47. The van der Waals surface area contributed by atoms with Gasteiger partial charge in [-0.05, 0) is 27.0 Å². The molecular formula is C13H21FN2O. The maximum Gasteiger partial charge on any atom is 0.127 e. The van der Waals surface area contributed by atoms with Crippen LogP contribution in [0, 0.1) is 5.82 Å². The molecule has 17 heavy (non-hydrogen) atoms. The third-order valence-electron chi connectivity index (χ3n) is 3.28. The second-order valence-corrected chi connectivity index (χ2v) is 4.47. The van der Waals surface area contributed by atoms with Gasteiger partial charge in [0, 0.05) is 23.7 Å². The zero-order valence-electron chi connectivity index (χ0n) is 10.6. The lowest BCUT2D eigenvalue weighted by atomic mass is 10.0. The van der Waals surface area contributed by atoms with E-state index in [-0.39, 0.29) is 30.5 Å². The fraction of sp³-hybridized carbons (Fsp3) is 0.538. The summed E-state index contributed by atoms with van der Waals surface area (Å²) in [5, 5.41) is 9.32. The first-order chi connectivity index (χ1) is 7.99. The molecule has 0 bridgehead atoms. The number of halogens is 1. The number of hydrogen-bond donors (Lipinski definition) is 2. The second kappa shape index (κ2) is 6.10. The summed E-state index contributed by atoms with van der Waals surface area (Å²) in [5.74, 6) is -0.229. The quantitative estimate of drug-likeness (QED) is 0.820. The molecule has 0 fully saturated rings. The van der Waals surface area contributed by atoms with Crippen molar-refractivity contribution < 1.29 is 9.50 Å². The highest BCUT2D eigenvalue weighted by molar-refractivity contribution is 5.20. The van der Waals surface area contributed by atoms with Crippen LogP contribution in [0.4, 0.5) is 4.39 Å². The number of hydrogen-bond acceptors (Lipinski definition) is 3. The summed E-state index contributed by atoms with van der Waals surface area (Å²) in [5.41, 5.74) is 6.43.